The Morgan fingerprint density at radius 1 is 1.71 bits per heavy atom. The van der Waals surface area contributed by atoms with Gasteiger partial charge in [-0.3, -0.25) is 0 Å². The molecule has 4 atom stereocenters. The third-order valence-electron chi connectivity index (χ3n) is 2.55. The molecule has 1 saturated heterocycles. The second-order valence-electron chi connectivity index (χ2n) is 3.62. The van der Waals surface area contributed by atoms with Gasteiger partial charge in [0, 0.05) is 0 Å². The number of rotatable bonds is 3. The maximum atomic E-state index is 10.5. The molecule has 94 valence electrons. The lowest BCUT2D eigenvalue weighted by Gasteiger charge is -2.09. The molecule has 3 N–H and O–H groups in total. The third-order valence-corrected chi connectivity index (χ3v) is 3.57. The van der Waals surface area contributed by atoms with Crippen LogP contribution in [-0.4, -0.2) is 48.7 Å². The van der Waals surface area contributed by atoms with Crippen LogP contribution in [0.25, 0.3) is 0 Å². The predicted octanol–water partition coefficient (Wildman–Crippen LogP) is -0.126. The van der Waals surface area contributed by atoms with Gasteiger partial charge in [0.15, 0.2) is 5.69 Å². The molecule has 0 aliphatic carbocycles. The molecule has 0 radical (unpaired) electrons. The van der Waals surface area contributed by atoms with Crippen molar-refractivity contribution >= 4 is 21.9 Å². The van der Waals surface area contributed by atoms with Crippen LogP contribution in [0.1, 0.15) is 11.8 Å². The first-order chi connectivity index (χ1) is 8.04. The minimum atomic E-state index is -0.888. The number of imidazole rings is 1. The zero-order valence-corrected chi connectivity index (χ0v) is 10.1. The Hall–Kier alpha value is -1.03. The number of aromatic nitrogens is 2. The number of H-pyrrole nitrogens is 1. The Morgan fingerprint density at radius 3 is 2.88 bits per heavy atom. The molecule has 0 bridgehead atoms. The maximum Gasteiger partial charge on any atom is 0.432 e. The van der Waals surface area contributed by atoms with Gasteiger partial charge in [0.2, 0.25) is 0 Å². The van der Waals surface area contributed by atoms with Gasteiger partial charge in [0.1, 0.15) is 18.4 Å². The van der Waals surface area contributed by atoms with Gasteiger partial charge in [-0.1, -0.05) is 20.9 Å². The number of alkyl halides is 1. The van der Waals surface area contributed by atoms with Crippen molar-refractivity contribution in [3.63, 3.8) is 0 Å². The summed E-state index contributed by atoms with van der Waals surface area (Å²) in [6.45, 7) is -0.327. The van der Waals surface area contributed by atoms with Crippen molar-refractivity contribution in [2.24, 2.45) is 0 Å². The number of nitrogens with zero attached hydrogens (tertiary/aromatic N) is 2. The van der Waals surface area contributed by atoms with Crippen molar-refractivity contribution in [2.45, 2.75) is 23.1 Å². The highest BCUT2D eigenvalue weighted by Gasteiger charge is 2.45. The van der Waals surface area contributed by atoms with Crippen LogP contribution in [0.2, 0.25) is 0 Å². The lowest BCUT2D eigenvalue weighted by atomic mass is 10.1. The summed E-state index contributed by atoms with van der Waals surface area (Å²) in [5.74, 6) is -0.384. The molecule has 9 heteroatoms. The predicted molar refractivity (Wildman–Crippen MR) is 58.7 cm³/mol. The van der Waals surface area contributed by atoms with Crippen LogP contribution in [-0.2, 0) is 4.74 Å². The minimum absolute atomic E-state index is 0.313. The second-order valence-corrected chi connectivity index (χ2v) is 4.68. The Balaban J connectivity index is 2.19. The third kappa shape index (κ3) is 2.18. The van der Waals surface area contributed by atoms with E-state index in [1.165, 1.54) is 6.20 Å². The average molecular weight is 308 g/mol. The van der Waals surface area contributed by atoms with Crippen molar-refractivity contribution in [3.8, 4) is 0 Å². The molecule has 0 aromatic carbocycles. The number of aliphatic hydroxyl groups is 2. The summed E-state index contributed by atoms with van der Waals surface area (Å²) in [5, 5.41) is 29.1. The van der Waals surface area contributed by atoms with Gasteiger partial charge < -0.3 is 25.1 Å². The van der Waals surface area contributed by atoms with Crippen molar-refractivity contribution in [1.82, 2.24) is 9.97 Å². The summed E-state index contributed by atoms with van der Waals surface area (Å²) in [4.78, 5) is 15.5. The molecule has 0 unspecified atom stereocenters. The zero-order chi connectivity index (χ0) is 12.6. The summed E-state index contributed by atoms with van der Waals surface area (Å²) in [6, 6.07) is 0. The number of ether oxygens (including phenoxy) is 1. The van der Waals surface area contributed by atoms with Gasteiger partial charge in [0.05, 0.1) is 17.5 Å². The average Bonchev–Trinajstić information content (AvgIpc) is 2.87. The summed E-state index contributed by atoms with van der Waals surface area (Å²) in [7, 11) is 0. The van der Waals surface area contributed by atoms with E-state index in [0.29, 0.717) is 5.69 Å². The molecule has 1 fully saturated rings. The SMILES string of the molecule is O=[N+]([O-])c1nc([C@@H]2O[C@H](CO)[C@@H](O)[C@@H]2Br)c[nH]1. The molecule has 1 aliphatic heterocycles. The van der Waals surface area contributed by atoms with Crippen LogP contribution in [0.4, 0.5) is 5.95 Å². The van der Waals surface area contributed by atoms with Gasteiger partial charge >= 0.3 is 5.95 Å². The molecule has 0 amide bonds. The van der Waals surface area contributed by atoms with E-state index in [-0.39, 0.29) is 12.6 Å². The van der Waals surface area contributed by atoms with Crippen molar-refractivity contribution in [2.75, 3.05) is 6.61 Å². The first-order valence-corrected chi connectivity index (χ1v) is 5.74. The van der Waals surface area contributed by atoms with Gasteiger partial charge in [-0.25, -0.2) is 4.98 Å². The quantitative estimate of drug-likeness (QED) is 0.406. The molecule has 2 heterocycles. The molecule has 8 nitrogen and oxygen atoms in total. The van der Waals surface area contributed by atoms with Crippen LogP contribution in [0.5, 0.6) is 0 Å². The molecule has 1 aromatic heterocycles. The van der Waals surface area contributed by atoms with E-state index in [0.717, 1.165) is 0 Å². The van der Waals surface area contributed by atoms with Crippen molar-refractivity contribution < 1.29 is 19.9 Å². The Morgan fingerprint density at radius 2 is 2.41 bits per heavy atom. The van der Waals surface area contributed by atoms with E-state index >= 15 is 0 Å². The van der Waals surface area contributed by atoms with Crippen LogP contribution < -0.4 is 0 Å². The standard InChI is InChI=1S/C8H10BrN3O5/c9-5-6(14)4(2-13)17-7(5)3-1-10-8(11-3)12(15)16/h1,4-7,13-14H,2H2,(H,10,11)/t4-,5+,6-,7+/m1/s1. The van der Waals surface area contributed by atoms with Crippen LogP contribution in [0, 0.1) is 10.1 Å². The number of aliphatic hydroxyl groups excluding tert-OH is 2. The van der Waals surface area contributed by atoms with Gasteiger partial charge in [-0.2, -0.15) is 0 Å². The van der Waals surface area contributed by atoms with E-state index in [9.17, 15) is 15.2 Å². The number of halogens is 1. The summed E-state index contributed by atoms with van der Waals surface area (Å²) < 4.78 is 5.36. The van der Waals surface area contributed by atoms with Crippen molar-refractivity contribution in [3.05, 3.63) is 22.0 Å². The number of aromatic amines is 1. The molecule has 1 aromatic rings. The fourth-order valence-electron chi connectivity index (χ4n) is 1.68. The fraction of sp³-hybridized carbons (Fsp3) is 0.625. The molecular weight excluding hydrogens is 298 g/mol. The molecule has 1 aliphatic rings. The second kappa shape index (κ2) is 4.69. The van der Waals surface area contributed by atoms with Crippen LogP contribution in [0.3, 0.4) is 0 Å². The number of hydrogen-bond donors (Lipinski definition) is 3. The van der Waals surface area contributed by atoms with E-state index in [4.69, 9.17) is 9.84 Å². The van der Waals surface area contributed by atoms with Crippen molar-refractivity contribution in [1.29, 1.82) is 0 Å². The minimum Gasteiger partial charge on any atom is -0.394 e. The largest absolute Gasteiger partial charge is 0.432 e. The van der Waals surface area contributed by atoms with Gasteiger partial charge in [-0.05, 0) is 4.92 Å². The Labute approximate surface area is 104 Å². The van der Waals surface area contributed by atoms with E-state index in [1.54, 1.807) is 0 Å². The summed E-state index contributed by atoms with van der Waals surface area (Å²) in [6.07, 6.45) is -0.892. The van der Waals surface area contributed by atoms with E-state index in [1.807, 2.05) is 0 Å². The highest BCUT2D eigenvalue weighted by atomic mass is 79.9. The highest BCUT2D eigenvalue weighted by molar-refractivity contribution is 9.09. The Kier molecular flexibility index (Phi) is 3.43. The molecule has 17 heavy (non-hydrogen) atoms. The first-order valence-electron chi connectivity index (χ1n) is 4.82. The lowest BCUT2D eigenvalue weighted by molar-refractivity contribution is -0.393. The molecule has 0 saturated carbocycles. The number of nitrogens with one attached hydrogen (secondary N) is 1. The van der Waals surface area contributed by atoms with Gasteiger partial charge in [0.25, 0.3) is 0 Å². The normalized spacial score (nSPS) is 32.9. The first kappa shape index (κ1) is 12.4. The zero-order valence-electron chi connectivity index (χ0n) is 8.49. The summed E-state index contributed by atoms with van der Waals surface area (Å²) in [5.41, 5.74) is 0.313. The van der Waals surface area contributed by atoms with Crippen LogP contribution in [0.15, 0.2) is 6.20 Å². The molecule has 2 rings (SSSR count). The lowest BCUT2D eigenvalue weighted by Crippen LogP contribution is -2.29. The molecule has 0 spiro atoms. The number of nitro groups is 1. The van der Waals surface area contributed by atoms with E-state index in [2.05, 4.69) is 25.9 Å². The fourth-order valence-corrected chi connectivity index (χ4v) is 2.41. The maximum absolute atomic E-state index is 10.5. The smallest absolute Gasteiger partial charge is 0.394 e. The number of hydrogen-bond acceptors (Lipinski definition) is 6. The summed E-state index contributed by atoms with van der Waals surface area (Å²) >= 11 is 3.22. The topological polar surface area (TPSA) is 122 Å². The van der Waals surface area contributed by atoms with Gasteiger partial charge in [-0.15, -0.1) is 0 Å². The molecular formula is C8H10BrN3O5. The van der Waals surface area contributed by atoms with Crippen LogP contribution >= 0.6 is 15.9 Å². The Bertz CT molecular complexity index is 425. The van der Waals surface area contributed by atoms with E-state index < -0.39 is 28.1 Å². The highest BCUT2D eigenvalue weighted by Crippen LogP contribution is 2.37. The monoisotopic (exact) mass is 307 g/mol.